The Bertz CT molecular complexity index is 1010. The molecule has 1 aromatic carbocycles. The number of benzene rings is 1. The molecule has 194 valence electrons. The maximum atomic E-state index is 14.3. The van der Waals surface area contributed by atoms with E-state index in [0.29, 0.717) is 30.6 Å². The van der Waals surface area contributed by atoms with Gasteiger partial charge in [0.05, 0.1) is 17.9 Å². The molecule has 1 aromatic heterocycles. The van der Waals surface area contributed by atoms with Crippen LogP contribution in [0, 0.1) is 17.0 Å². The van der Waals surface area contributed by atoms with Gasteiger partial charge in [-0.15, -0.1) is 0 Å². The van der Waals surface area contributed by atoms with Gasteiger partial charge in [0.1, 0.15) is 11.6 Å². The Hall–Kier alpha value is -2.32. The standard InChI is InChI=1S/C27H41F2N5O/c1-7-8-23(32-20-10-9-18-11-19(28)12-22(29)21(18)13-20)25(35)33-24-14-34(17-31-24)27(5,6)16-30-15-26(2,3)4/h11-12,14,17,20,23,30,32H,7-10,13,15-16H2,1-6H3,(H,33,35)/t20-,23+/m0/s1. The summed E-state index contributed by atoms with van der Waals surface area (Å²) < 4.78 is 29.9. The van der Waals surface area contributed by atoms with Crippen LogP contribution >= 0.6 is 0 Å². The van der Waals surface area contributed by atoms with E-state index in [1.807, 2.05) is 17.7 Å². The number of anilines is 1. The van der Waals surface area contributed by atoms with Gasteiger partial charge in [-0.1, -0.05) is 34.1 Å². The zero-order chi connectivity index (χ0) is 25.8. The van der Waals surface area contributed by atoms with E-state index in [1.54, 1.807) is 6.33 Å². The Morgan fingerprint density at radius 2 is 1.94 bits per heavy atom. The molecule has 35 heavy (non-hydrogen) atoms. The Balaban J connectivity index is 1.61. The summed E-state index contributed by atoms with van der Waals surface area (Å²) in [4.78, 5) is 17.5. The molecule has 3 rings (SSSR count). The first-order valence-electron chi connectivity index (χ1n) is 12.7. The van der Waals surface area contributed by atoms with Crippen LogP contribution in [0.3, 0.4) is 0 Å². The summed E-state index contributed by atoms with van der Waals surface area (Å²) in [6, 6.07) is 1.90. The van der Waals surface area contributed by atoms with Crippen LogP contribution in [-0.4, -0.2) is 40.6 Å². The normalized spacial score (nSPS) is 17.2. The Kier molecular flexibility index (Phi) is 8.70. The third kappa shape index (κ3) is 7.58. The van der Waals surface area contributed by atoms with Gasteiger partial charge in [0.25, 0.3) is 0 Å². The molecule has 2 atom stereocenters. The molecule has 3 N–H and O–H groups in total. The minimum absolute atomic E-state index is 0.0462. The molecule has 1 amide bonds. The fourth-order valence-corrected chi connectivity index (χ4v) is 4.56. The number of halogens is 2. The average molecular weight is 490 g/mol. The number of carbonyl (C=O) groups is 1. The number of imidazole rings is 1. The molecular weight excluding hydrogens is 448 g/mol. The number of rotatable bonds is 10. The molecule has 0 saturated carbocycles. The molecule has 1 aliphatic rings. The van der Waals surface area contributed by atoms with Gasteiger partial charge in [-0.25, -0.2) is 13.8 Å². The molecule has 0 bridgehead atoms. The van der Waals surface area contributed by atoms with E-state index in [2.05, 4.69) is 55.6 Å². The summed E-state index contributed by atoms with van der Waals surface area (Å²) in [7, 11) is 0. The molecule has 6 nitrogen and oxygen atoms in total. The van der Waals surface area contributed by atoms with Crippen molar-refractivity contribution in [2.45, 2.75) is 91.3 Å². The van der Waals surface area contributed by atoms with Crippen LogP contribution in [0.1, 0.15) is 71.9 Å². The van der Waals surface area contributed by atoms with Crippen molar-refractivity contribution in [3.05, 3.63) is 47.4 Å². The molecule has 0 aliphatic heterocycles. The first kappa shape index (κ1) is 27.3. The average Bonchev–Trinajstić information content (AvgIpc) is 3.22. The van der Waals surface area contributed by atoms with Crippen molar-refractivity contribution in [2.75, 3.05) is 18.4 Å². The number of nitrogens with one attached hydrogen (secondary N) is 3. The quantitative estimate of drug-likeness (QED) is 0.449. The van der Waals surface area contributed by atoms with E-state index in [-0.39, 0.29) is 22.9 Å². The van der Waals surface area contributed by atoms with Crippen molar-refractivity contribution in [1.82, 2.24) is 20.2 Å². The van der Waals surface area contributed by atoms with Crippen LogP contribution in [0.2, 0.25) is 0 Å². The van der Waals surface area contributed by atoms with Crippen molar-refractivity contribution < 1.29 is 13.6 Å². The van der Waals surface area contributed by atoms with Crippen molar-refractivity contribution >= 4 is 11.7 Å². The molecule has 0 spiro atoms. The first-order valence-corrected chi connectivity index (χ1v) is 12.7. The van der Waals surface area contributed by atoms with Crippen LogP contribution in [-0.2, 0) is 23.2 Å². The topological polar surface area (TPSA) is 71.0 Å². The third-order valence-electron chi connectivity index (χ3n) is 6.54. The van der Waals surface area contributed by atoms with Gasteiger partial charge in [-0.05, 0) is 62.1 Å². The third-order valence-corrected chi connectivity index (χ3v) is 6.54. The summed E-state index contributed by atoms with van der Waals surface area (Å²) in [5, 5.41) is 9.89. The second-order valence-corrected chi connectivity index (χ2v) is 11.6. The number of amides is 1. The maximum absolute atomic E-state index is 14.3. The lowest BCUT2D eigenvalue weighted by Crippen LogP contribution is -2.48. The lowest BCUT2D eigenvalue weighted by atomic mass is 9.87. The summed E-state index contributed by atoms with van der Waals surface area (Å²) in [5.74, 6) is -0.680. The Morgan fingerprint density at radius 3 is 2.63 bits per heavy atom. The van der Waals surface area contributed by atoms with E-state index < -0.39 is 17.7 Å². The SMILES string of the molecule is CCC[C@@H](N[C@H]1CCc2cc(F)cc(F)c2C1)C(=O)Nc1cn(C(C)(C)CNCC(C)(C)C)cn1. The van der Waals surface area contributed by atoms with E-state index >= 15 is 0 Å². The second kappa shape index (κ2) is 11.2. The predicted molar refractivity (Wildman–Crippen MR) is 137 cm³/mol. The van der Waals surface area contributed by atoms with Crippen LogP contribution < -0.4 is 16.0 Å². The highest BCUT2D eigenvalue weighted by Gasteiger charge is 2.28. The van der Waals surface area contributed by atoms with Gasteiger partial charge in [0, 0.05) is 31.4 Å². The number of carbonyl (C=O) groups excluding carboxylic acids is 1. The summed E-state index contributed by atoms with van der Waals surface area (Å²) >= 11 is 0. The van der Waals surface area contributed by atoms with Gasteiger partial charge in [-0.2, -0.15) is 0 Å². The van der Waals surface area contributed by atoms with Gasteiger partial charge in [-0.3, -0.25) is 4.79 Å². The molecule has 2 aromatic rings. The van der Waals surface area contributed by atoms with Crippen molar-refractivity contribution in [2.24, 2.45) is 5.41 Å². The summed E-state index contributed by atoms with van der Waals surface area (Å²) in [6.45, 7) is 14.6. The fourth-order valence-electron chi connectivity index (χ4n) is 4.56. The molecule has 0 saturated heterocycles. The largest absolute Gasteiger partial charge is 0.328 e. The monoisotopic (exact) mass is 489 g/mol. The van der Waals surface area contributed by atoms with E-state index in [9.17, 15) is 13.6 Å². The van der Waals surface area contributed by atoms with Gasteiger partial charge in [0.2, 0.25) is 5.91 Å². The van der Waals surface area contributed by atoms with Gasteiger partial charge in [0.15, 0.2) is 5.82 Å². The highest BCUT2D eigenvalue weighted by molar-refractivity contribution is 5.94. The second-order valence-electron chi connectivity index (χ2n) is 11.6. The minimum atomic E-state index is -0.538. The zero-order valence-electron chi connectivity index (χ0n) is 22.0. The number of fused-ring (bicyclic) bond motifs is 1. The molecule has 0 unspecified atom stereocenters. The van der Waals surface area contributed by atoms with Crippen LogP contribution in [0.25, 0.3) is 0 Å². The van der Waals surface area contributed by atoms with Crippen LogP contribution in [0.15, 0.2) is 24.7 Å². The number of aryl methyl sites for hydroxylation is 1. The summed E-state index contributed by atoms with van der Waals surface area (Å²) in [5.41, 5.74) is 1.27. The molecule has 1 aliphatic carbocycles. The highest BCUT2D eigenvalue weighted by Crippen LogP contribution is 2.26. The van der Waals surface area contributed by atoms with E-state index in [1.165, 1.54) is 6.07 Å². The predicted octanol–water partition coefficient (Wildman–Crippen LogP) is 4.79. The van der Waals surface area contributed by atoms with Crippen molar-refractivity contribution in [3.63, 3.8) is 0 Å². The smallest absolute Gasteiger partial charge is 0.242 e. The number of nitrogens with zero attached hydrogens (tertiary/aromatic N) is 2. The number of hydrogen-bond donors (Lipinski definition) is 3. The van der Waals surface area contributed by atoms with E-state index in [0.717, 1.165) is 37.6 Å². The highest BCUT2D eigenvalue weighted by atomic mass is 19.1. The Morgan fingerprint density at radius 1 is 1.20 bits per heavy atom. The van der Waals surface area contributed by atoms with Crippen LogP contribution in [0.4, 0.5) is 14.6 Å². The lowest BCUT2D eigenvalue weighted by molar-refractivity contribution is -0.118. The zero-order valence-corrected chi connectivity index (χ0v) is 22.0. The number of aromatic nitrogens is 2. The molecule has 0 radical (unpaired) electrons. The molecule has 8 heteroatoms. The van der Waals surface area contributed by atoms with Gasteiger partial charge >= 0.3 is 0 Å². The van der Waals surface area contributed by atoms with Crippen LogP contribution in [0.5, 0.6) is 0 Å². The minimum Gasteiger partial charge on any atom is -0.328 e. The summed E-state index contributed by atoms with van der Waals surface area (Å²) in [6.07, 6.45) is 6.86. The van der Waals surface area contributed by atoms with Gasteiger partial charge < -0.3 is 20.5 Å². The molecule has 0 fully saturated rings. The first-order chi connectivity index (χ1) is 16.4. The molecular formula is C27H41F2N5O. The Labute approximate surface area is 208 Å². The lowest BCUT2D eigenvalue weighted by Gasteiger charge is -2.30. The van der Waals surface area contributed by atoms with E-state index in [4.69, 9.17) is 0 Å². The maximum Gasteiger partial charge on any atom is 0.242 e. The van der Waals surface area contributed by atoms with Crippen molar-refractivity contribution in [3.8, 4) is 0 Å². The molecule has 1 heterocycles. The number of hydrogen-bond acceptors (Lipinski definition) is 4. The van der Waals surface area contributed by atoms with Crippen molar-refractivity contribution in [1.29, 1.82) is 0 Å². The fraction of sp³-hybridized carbons (Fsp3) is 0.630.